The number of piperidine rings is 1. The number of benzene rings is 1. The summed E-state index contributed by atoms with van der Waals surface area (Å²) in [4.78, 5) is 13.4. The summed E-state index contributed by atoms with van der Waals surface area (Å²) in [5.74, 6) is 0.753. The lowest BCUT2D eigenvalue weighted by Gasteiger charge is -2.28. The van der Waals surface area contributed by atoms with Gasteiger partial charge in [-0.2, -0.15) is 0 Å². The maximum Gasteiger partial charge on any atom is 0.314 e. The summed E-state index contributed by atoms with van der Waals surface area (Å²) < 4.78 is 15.2. The monoisotopic (exact) mass is 376 g/mol. The molecule has 2 atom stereocenters. The molecule has 1 fully saturated rings. The smallest absolute Gasteiger partial charge is 0.314 e. The van der Waals surface area contributed by atoms with E-state index in [-0.39, 0.29) is 11.9 Å². The first kappa shape index (κ1) is 18.7. The highest BCUT2D eigenvalue weighted by Crippen LogP contribution is 2.16. The number of quaternary nitrogens is 1. The van der Waals surface area contributed by atoms with Crippen LogP contribution in [0, 0.1) is 10.7 Å². The van der Waals surface area contributed by atoms with E-state index in [0.29, 0.717) is 6.61 Å². The zero-order valence-electron chi connectivity index (χ0n) is 15.3. The number of hydrogen-bond donors (Lipinski definition) is 1. The lowest BCUT2D eigenvalue weighted by atomic mass is 9.99. The third kappa shape index (κ3) is 4.16. The van der Waals surface area contributed by atoms with Gasteiger partial charge in [-0.15, -0.1) is 0 Å². The van der Waals surface area contributed by atoms with Crippen molar-refractivity contribution in [1.82, 2.24) is 9.13 Å². The van der Waals surface area contributed by atoms with Crippen LogP contribution >= 0.6 is 12.2 Å². The summed E-state index contributed by atoms with van der Waals surface area (Å²) in [5.41, 5.74) is 1.01. The van der Waals surface area contributed by atoms with Crippen LogP contribution in [0.25, 0.3) is 5.69 Å². The number of likely N-dealkylation sites (tertiary alicyclic amines) is 1. The highest BCUT2D eigenvalue weighted by molar-refractivity contribution is 7.71. The minimum absolute atomic E-state index is 0.00320. The van der Waals surface area contributed by atoms with E-state index in [0.717, 1.165) is 48.8 Å². The summed E-state index contributed by atoms with van der Waals surface area (Å²) >= 11 is 5.65. The molecular formula is C19H26N3O3S+. The molecule has 26 heavy (non-hydrogen) atoms. The van der Waals surface area contributed by atoms with Gasteiger partial charge in [-0.1, -0.05) is 0 Å². The molecule has 1 N–H and O–H groups in total. The first-order valence-corrected chi connectivity index (χ1v) is 9.45. The molecule has 0 saturated carbocycles. The van der Waals surface area contributed by atoms with E-state index in [2.05, 4.69) is 4.57 Å². The van der Waals surface area contributed by atoms with E-state index in [1.54, 1.807) is 7.11 Å². The molecule has 0 aliphatic carbocycles. The van der Waals surface area contributed by atoms with Gasteiger partial charge in [-0.05, 0) is 56.2 Å². The molecule has 2 heterocycles. The van der Waals surface area contributed by atoms with E-state index in [9.17, 15) is 4.79 Å². The van der Waals surface area contributed by atoms with Crippen molar-refractivity contribution in [1.29, 1.82) is 0 Å². The number of imidazole rings is 1. The number of esters is 1. The van der Waals surface area contributed by atoms with Crippen molar-refractivity contribution in [3.8, 4) is 11.4 Å². The average molecular weight is 377 g/mol. The molecule has 1 aliphatic heterocycles. The SMILES string of the molecule is CCOC(=O)[C@H]1CCC[NH+](Cn2ccn(-c3ccc(OC)cc3)c2=S)C1. The Morgan fingerprint density at radius 3 is 2.77 bits per heavy atom. The van der Waals surface area contributed by atoms with Crippen molar-refractivity contribution >= 4 is 18.2 Å². The second kappa shape index (κ2) is 8.51. The molecule has 3 rings (SSSR count). The lowest BCUT2D eigenvalue weighted by Crippen LogP contribution is -3.13. The standard InChI is InChI=1S/C19H25N3O3S/c1-3-25-18(23)15-5-4-10-20(13-15)14-21-11-12-22(19(21)26)16-6-8-17(24-2)9-7-16/h6-9,11-12,15H,3-5,10,13-14H2,1-2H3/p+1/t15-/m0/s1. The van der Waals surface area contributed by atoms with Gasteiger partial charge in [-0.25, -0.2) is 0 Å². The first-order valence-electron chi connectivity index (χ1n) is 9.04. The third-order valence-electron chi connectivity index (χ3n) is 4.83. The summed E-state index contributed by atoms with van der Waals surface area (Å²) in [7, 11) is 1.65. The molecule has 1 aliphatic rings. The van der Waals surface area contributed by atoms with Gasteiger partial charge in [0.25, 0.3) is 0 Å². The zero-order chi connectivity index (χ0) is 18.5. The summed E-state index contributed by atoms with van der Waals surface area (Å²) in [6, 6.07) is 7.83. The first-order chi connectivity index (χ1) is 12.6. The fourth-order valence-corrected chi connectivity index (χ4v) is 3.76. The van der Waals surface area contributed by atoms with Gasteiger partial charge in [0.1, 0.15) is 11.7 Å². The molecule has 140 valence electrons. The van der Waals surface area contributed by atoms with Crippen molar-refractivity contribution in [2.75, 3.05) is 26.8 Å². The lowest BCUT2D eigenvalue weighted by molar-refractivity contribution is -0.930. The molecule has 1 aromatic carbocycles. The van der Waals surface area contributed by atoms with Crippen molar-refractivity contribution < 1.29 is 19.2 Å². The van der Waals surface area contributed by atoms with Gasteiger partial charge in [-0.3, -0.25) is 13.9 Å². The van der Waals surface area contributed by atoms with E-state index in [4.69, 9.17) is 21.7 Å². The van der Waals surface area contributed by atoms with Crippen LogP contribution in [0.5, 0.6) is 5.75 Å². The van der Waals surface area contributed by atoms with Crippen molar-refractivity contribution in [2.24, 2.45) is 5.92 Å². The number of methoxy groups -OCH3 is 1. The normalized spacial score (nSPS) is 19.9. The number of carbonyl (C=O) groups is 1. The maximum atomic E-state index is 12.0. The molecule has 0 spiro atoms. The minimum Gasteiger partial charge on any atom is -0.497 e. The second-order valence-corrected chi connectivity index (χ2v) is 6.94. The maximum absolute atomic E-state index is 12.0. The Balaban J connectivity index is 1.69. The highest BCUT2D eigenvalue weighted by Gasteiger charge is 2.29. The van der Waals surface area contributed by atoms with Crippen molar-refractivity contribution in [3.05, 3.63) is 41.4 Å². The van der Waals surface area contributed by atoms with Gasteiger partial charge >= 0.3 is 5.97 Å². The highest BCUT2D eigenvalue weighted by atomic mass is 32.1. The van der Waals surface area contributed by atoms with E-state index in [1.165, 1.54) is 4.90 Å². The number of carbonyl (C=O) groups excluding carboxylic acids is 1. The van der Waals surface area contributed by atoms with Gasteiger partial charge in [0.05, 0.1) is 26.8 Å². The van der Waals surface area contributed by atoms with Gasteiger partial charge < -0.3 is 14.4 Å². The van der Waals surface area contributed by atoms with Crippen LogP contribution in [0.2, 0.25) is 0 Å². The summed E-state index contributed by atoms with van der Waals surface area (Å²) in [6.45, 7) is 4.91. The Morgan fingerprint density at radius 1 is 1.31 bits per heavy atom. The summed E-state index contributed by atoms with van der Waals surface area (Å²) in [5, 5.41) is 0. The number of aromatic nitrogens is 2. The molecule has 6 nitrogen and oxygen atoms in total. The predicted octanol–water partition coefficient (Wildman–Crippen LogP) is 1.83. The Labute approximate surface area is 158 Å². The number of ether oxygens (including phenoxy) is 2. The fourth-order valence-electron chi connectivity index (χ4n) is 3.47. The van der Waals surface area contributed by atoms with Crippen LogP contribution < -0.4 is 9.64 Å². The molecule has 0 amide bonds. The molecule has 2 aromatic rings. The Kier molecular flexibility index (Phi) is 6.11. The molecule has 0 radical (unpaired) electrons. The van der Waals surface area contributed by atoms with Crippen LogP contribution in [-0.4, -0.2) is 41.9 Å². The molecule has 1 unspecified atom stereocenters. The largest absolute Gasteiger partial charge is 0.497 e. The Hall–Kier alpha value is -2.12. The van der Waals surface area contributed by atoms with Crippen LogP contribution in [0.4, 0.5) is 0 Å². The second-order valence-electron chi connectivity index (χ2n) is 6.57. The van der Waals surface area contributed by atoms with Crippen LogP contribution in [0.15, 0.2) is 36.7 Å². The van der Waals surface area contributed by atoms with Gasteiger partial charge in [0.15, 0.2) is 11.4 Å². The fraction of sp³-hybridized carbons (Fsp3) is 0.474. The van der Waals surface area contributed by atoms with Gasteiger partial charge in [0, 0.05) is 18.1 Å². The Morgan fingerprint density at radius 2 is 2.08 bits per heavy atom. The molecule has 0 bridgehead atoms. The number of rotatable bonds is 6. The predicted molar refractivity (Wildman–Crippen MR) is 101 cm³/mol. The molecule has 1 saturated heterocycles. The topological polar surface area (TPSA) is 49.8 Å². The third-order valence-corrected chi connectivity index (χ3v) is 5.26. The van der Waals surface area contributed by atoms with Gasteiger partial charge in [0.2, 0.25) is 0 Å². The number of nitrogens with one attached hydrogen (secondary N) is 1. The van der Waals surface area contributed by atoms with E-state index >= 15 is 0 Å². The number of hydrogen-bond acceptors (Lipinski definition) is 4. The quantitative estimate of drug-likeness (QED) is 0.617. The van der Waals surface area contributed by atoms with Crippen molar-refractivity contribution in [2.45, 2.75) is 26.4 Å². The van der Waals surface area contributed by atoms with Crippen LogP contribution in [-0.2, 0) is 16.2 Å². The van der Waals surface area contributed by atoms with E-state index < -0.39 is 0 Å². The number of nitrogens with zero attached hydrogens (tertiary/aromatic N) is 2. The zero-order valence-corrected chi connectivity index (χ0v) is 16.1. The summed E-state index contributed by atoms with van der Waals surface area (Å²) in [6.07, 6.45) is 5.94. The molecule has 1 aromatic heterocycles. The Bertz CT molecular complexity index is 797. The minimum atomic E-state index is -0.0656. The van der Waals surface area contributed by atoms with E-state index in [1.807, 2.05) is 48.1 Å². The molecular weight excluding hydrogens is 350 g/mol. The average Bonchev–Trinajstić information content (AvgIpc) is 3.03. The van der Waals surface area contributed by atoms with Crippen LogP contribution in [0.1, 0.15) is 19.8 Å². The van der Waals surface area contributed by atoms with Crippen molar-refractivity contribution in [3.63, 3.8) is 0 Å². The molecule has 7 heteroatoms. The van der Waals surface area contributed by atoms with Crippen LogP contribution in [0.3, 0.4) is 0 Å².